The number of nitrogens with one attached hydrogen (secondary N) is 1. The molecule has 3 heteroatoms. The third-order valence-electron chi connectivity index (χ3n) is 4.47. The zero-order chi connectivity index (χ0) is 13.9. The largest absolute Gasteiger partial charge is 0.399 e. The van der Waals surface area contributed by atoms with Crippen LogP contribution in [-0.4, -0.2) is 11.0 Å². The number of nitrogen functional groups attached to an aromatic ring is 1. The average molecular weight is 269 g/mol. The van der Waals surface area contributed by atoms with Gasteiger partial charge in [0.15, 0.2) is 0 Å². The van der Waals surface area contributed by atoms with E-state index in [-0.39, 0.29) is 0 Å². The van der Waals surface area contributed by atoms with Gasteiger partial charge in [0.1, 0.15) is 0 Å². The highest BCUT2D eigenvalue weighted by Gasteiger charge is 2.20. The van der Waals surface area contributed by atoms with Crippen molar-refractivity contribution in [2.75, 3.05) is 11.1 Å². The first kappa shape index (κ1) is 13.2. The van der Waals surface area contributed by atoms with E-state index in [4.69, 9.17) is 5.73 Å². The van der Waals surface area contributed by atoms with Gasteiger partial charge in [-0.15, -0.1) is 0 Å². The van der Waals surface area contributed by atoms with E-state index in [1.165, 1.54) is 37.8 Å². The van der Waals surface area contributed by atoms with Gasteiger partial charge in [0, 0.05) is 29.0 Å². The van der Waals surface area contributed by atoms with Crippen molar-refractivity contribution in [3.8, 4) is 0 Å². The van der Waals surface area contributed by atoms with Gasteiger partial charge in [-0.2, -0.15) is 0 Å². The zero-order valence-electron chi connectivity index (χ0n) is 12.1. The summed E-state index contributed by atoms with van der Waals surface area (Å²) in [7, 11) is 0. The molecule has 1 aromatic heterocycles. The number of benzene rings is 1. The highest BCUT2D eigenvalue weighted by molar-refractivity contribution is 5.92. The predicted molar refractivity (Wildman–Crippen MR) is 85.8 cm³/mol. The summed E-state index contributed by atoms with van der Waals surface area (Å²) in [6, 6.07) is 8.61. The summed E-state index contributed by atoms with van der Waals surface area (Å²) >= 11 is 0. The highest BCUT2D eigenvalue weighted by atomic mass is 14.9. The van der Waals surface area contributed by atoms with E-state index < -0.39 is 0 Å². The second kappa shape index (κ2) is 5.70. The maximum atomic E-state index is 5.84. The van der Waals surface area contributed by atoms with Crippen LogP contribution in [0.2, 0.25) is 0 Å². The molecule has 0 aliphatic heterocycles. The molecule has 1 aromatic carbocycles. The van der Waals surface area contributed by atoms with Gasteiger partial charge < -0.3 is 11.1 Å². The summed E-state index contributed by atoms with van der Waals surface area (Å²) in [4.78, 5) is 4.41. The molecule has 1 fully saturated rings. The summed E-state index contributed by atoms with van der Waals surface area (Å²) in [6.45, 7) is 2.37. The second-order valence-electron chi connectivity index (χ2n) is 6.00. The molecule has 1 aliphatic rings. The van der Waals surface area contributed by atoms with Gasteiger partial charge in [-0.05, 0) is 43.0 Å². The number of pyridine rings is 1. The minimum Gasteiger partial charge on any atom is -0.399 e. The minimum absolute atomic E-state index is 0.570. The van der Waals surface area contributed by atoms with E-state index in [1.54, 1.807) is 0 Å². The van der Waals surface area contributed by atoms with Gasteiger partial charge in [0.05, 0.1) is 5.52 Å². The Morgan fingerprint density at radius 2 is 2.00 bits per heavy atom. The van der Waals surface area contributed by atoms with Crippen molar-refractivity contribution in [3.63, 3.8) is 0 Å². The molecule has 1 aliphatic carbocycles. The van der Waals surface area contributed by atoms with Crippen molar-refractivity contribution in [2.24, 2.45) is 5.92 Å². The number of nitrogens with zero attached hydrogens (tertiary/aromatic N) is 1. The first-order valence-corrected chi connectivity index (χ1v) is 7.65. The molecule has 2 aromatic rings. The molecule has 0 amide bonds. The fourth-order valence-corrected chi connectivity index (χ4v) is 3.20. The van der Waals surface area contributed by atoms with Crippen molar-refractivity contribution in [1.82, 2.24) is 4.98 Å². The second-order valence-corrected chi connectivity index (χ2v) is 6.00. The van der Waals surface area contributed by atoms with Gasteiger partial charge in [-0.1, -0.05) is 26.2 Å². The van der Waals surface area contributed by atoms with Crippen LogP contribution in [0, 0.1) is 5.92 Å². The molecular formula is C17H23N3. The number of aromatic nitrogens is 1. The third-order valence-corrected chi connectivity index (χ3v) is 4.47. The van der Waals surface area contributed by atoms with Gasteiger partial charge in [0.2, 0.25) is 0 Å². The summed E-state index contributed by atoms with van der Waals surface area (Å²) in [6.07, 6.45) is 8.53. The minimum atomic E-state index is 0.570. The van der Waals surface area contributed by atoms with Crippen molar-refractivity contribution in [2.45, 2.75) is 45.1 Å². The van der Waals surface area contributed by atoms with Crippen LogP contribution in [0.25, 0.3) is 10.9 Å². The summed E-state index contributed by atoms with van der Waals surface area (Å²) < 4.78 is 0. The fraction of sp³-hybridized carbons (Fsp3) is 0.471. The van der Waals surface area contributed by atoms with Crippen LogP contribution in [0.3, 0.4) is 0 Å². The predicted octanol–water partition coefficient (Wildman–Crippen LogP) is 4.20. The smallest absolute Gasteiger partial charge is 0.0743 e. The first-order valence-electron chi connectivity index (χ1n) is 7.65. The Bertz CT molecular complexity index is 594. The quantitative estimate of drug-likeness (QED) is 0.634. The SMILES string of the molecule is CC1CCCCCC1Nc1ccnc2cc(N)ccc12. The number of hydrogen-bond acceptors (Lipinski definition) is 3. The molecule has 2 atom stereocenters. The van der Waals surface area contributed by atoms with Crippen molar-refractivity contribution in [3.05, 3.63) is 30.5 Å². The zero-order valence-corrected chi connectivity index (χ0v) is 12.1. The number of anilines is 2. The van der Waals surface area contributed by atoms with Crippen molar-refractivity contribution >= 4 is 22.3 Å². The lowest BCUT2D eigenvalue weighted by molar-refractivity contribution is 0.457. The number of rotatable bonds is 2. The molecule has 3 nitrogen and oxygen atoms in total. The van der Waals surface area contributed by atoms with Gasteiger partial charge in [0.25, 0.3) is 0 Å². The standard InChI is InChI=1S/C17H23N3/c1-12-5-3-2-4-6-15(12)20-16-9-10-19-17-11-13(18)7-8-14(16)17/h7-12,15H,2-6,18H2,1H3,(H,19,20). The van der Waals surface area contributed by atoms with Crippen molar-refractivity contribution in [1.29, 1.82) is 0 Å². The molecule has 0 radical (unpaired) electrons. The fourth-order valence-electron chi connectivity index (χ4n) is 3.20. The van der Waals surface area contributed by atoms with Crippen LogP contribution < -0.4 is 11.1 Å². The Morgan fingerprint density at radius 1 is 1.15 bits per heavy atom. The lowest BCUT2D eigenvalue weighted by Crippen LogP contribution is -2.26. The third kappa shape index (κ3) is 2.72. The Kier molecular flexibility index (Phi) is 3.77. The average Bonchev–Trinajstić information content (AvgIpc) is 2.64. The molecule has 0 bridgehead atoms. The Balaban J connectivity index is 1.90. The number of nitrogens with two attached hydrogens (primary N) is 1. The maximum absolute atomic E-state index is 5.84. The Hall–Kier alpha value is -1.77. The van der Waals surface area contributed by atoms with Gasteiger partial charge >= 0.3 is 0 Å². The molecule has 1 saturated carbocycles. The van der Waals surface area contributed by atoms with Crippen molar-refractivity contribution < 1.29 is 0 Å². The molecule has 2 unspecified atom stereocenters. The Labute approximate surface area is 120 Å². The molecule has 106 valence electrons. The normalized spacial score (nSPS) is 23.4. The van der Waals surface area contributed by atoms with E-state index in [1.807, 2.05) is 18.3 Å². The van der Waals surface area contributed by atoms with E-state index in [0.29, 0.717) is 6.04 Å². The first-order chi connectivity index (χ1) is 9.74. The van der Waals surface area contributed by atoms with Crippen LogP contribution in [0.5, 0.6) is 0 Å². The van der Waals surface area contributed by atoms with Gasteiger partial charge in [-0.25, -0.2) is 0 Å². The molecule has 3 rings (SSSR count). The molecule has 20 heavy (non-hydrogen) atoms. The molecule has 1 heterocycles. The highest BCUT2D eigenvalue weighted by Crippen LogP contribution is 2.29. The summed E-state index contributed by atoms with van der Waals surface area (Å²) in [5.41, 5.74) is 8.77. The topological polar surface area (TPSA) is 50.9 Å². The molecule has 0 spiro atoms. The maximum Gasteiger partial charge on any atom is 0.0743 e. The van der Waals surface area contributed by atoms with Crippen LogP contribution in [0.1, 0.15) is 39.0 Å². The van der Waals surface area contributed by atoms with E-state index >= 15 is 0 Å². The molecule has 3 N–H and O–H groups in total. The number of hydrogen-bond donors (Lipinski definition) is 2. The van der Waals surface area contributed by atoms with Crippen LogP contribution >= 0.6 is 0 Å². The van der Waals surface area contributed by atoms with E-state index in [0.717, 1.165) is 22.5 Å². The summed E-state index contributed by atoms with van der Waals surface area (Å²) in [5.74, 6) is 0.731. The monoisotopic (exact) mass is 269 g/mol. The molecule has 0 saturated heterocycles. The van der Waals surface area contributed by atoms with Crippen LogP contribution in [0.4, 0.5) is 11.4 Å². The molecular weight excluding hydrogens is 246 g/mol. The number of fused-ring (bicyclic) bond motifs is 1. The lowest BCUT2D eigenvalue weighted by atomic mass is 9.96. The van der Waals surface area contributed by atoms with E-state index in [9.17, 15) is 0 Å². The summed E-state index contributed by atoms with van der Waals surface area (Å²) in [5, 5.41) is 4.92. The Morgan fingerprint density at radius 3 is 2.90 bits per heavy atom. The van der Waals surface area contributed by atoms with Gasteiger partial charge in [-0.3, -0.25) is 4.98 Å². The van der Waals surface area contributed by atoms with Crippen LogP contribution in [0.15, 0.2) is 30.5 Å². The van der Waals surface area contributed by atoms with E-state index in [2.05, 4.69) is 29.4 Å². The lowest BCUT2D eigenvalue weighted by Gasteiger charge is -2.24. The van der Waals surface area contributed by atoms with Crippen LogP contribution in [-0.2, 0) is 0 Å².